The molecule has 9 heteroatoms. The van der Waals surface area contributed by atoms with Gasteiger partial charge in [-0.1, -0.05) is 0 Å². The Morgan fingerprint density at radius 2 is 2.09 bits per heavy atom. The highest BCUT2D eigenvalue weighted by Crippen LogP contribution is 2.30. The van der Waals surface area contributed by atoms with Crippen molar-refractivity contribution in [2.24, 2.45) is 5.92 Å². The number of nitrogens with one attached hydrogen (secondary N) is 2. The van der Waals surface area contributed by atoms with Crippen LogP contribution < -0.4 is 10.6 Å². The first kappa shape index (κ1) is 17.7. The minimum Gasteiger partial charge on any atom is -0.352 e. The second-order valence-corrected chi connectivity index (χ2v) is 7.25. The van der Waals surface area contributed by atoms with Gasteiger partial charge in [0.25, 0.3) is 21.8 Å². The number of amides is 2. The van der Waals surface area contributed by atoms with Crippen LogP contribution in [-0.4, -0.2) is 50.7 Å². The van der Waals surface area contributed by atoms with Gasteiger partial charge in [-0.3, -0.25) is 9.59 Å². The van der Waals surface area contributed by atoms with Crippen LogP contribution in [0.1, 0.15) is 27.6 Å². The van der Waals surface area contributed by atoms with Crippen molar-refractivity contribution in [3.8, 4) is 0 Å². The Bertz CT molecular complexity index is 746. The molecule has 0 unspecified atom stereocenters. The van der Waals surface area contributed by atoms with Crippen molar-refractivity contribution in [1.82, 2.24) is 14.9 Å². The van der Waals surface area contributed by atoms with Crippen LogP contribution in [0.5, 0.6) is 0 Å². The van der Waals surface area contributed by atoms with Gasteiger partial charge in [-0.2, -0.15) is 0 Å². The number of rotatable bonds is 4. The first-order valence-corrected chi connectivity index (χ1v) is 8.59. The maximum atomic E-state index is 12.3. The van der Waals surface area contributed by atoms with E-state index in [9.17, 15) is 18.0 Å². The quantitative estimate of drug-likeness (QED) is 0.802. The minimum atomic E-state index is -3.83. The van der Waals surface area contributed by atoms with Crippen LogP contribution in [-0.2, 0) is 10.0 Å². The normalized spacial score (nSPS) is 18.8. The van der Waals surface area contributed by atoms with Crippen molar-refractivity contribution in [1.29, 1.82) is 0 Å². The van der Waals surface area contributed by atoms with Crippen LogP contribution in [0, 0.1) is 5.92 Å². The fraction of sp³-hybridized carbons (Fsp3) is 0.429. The Kier molecular flexibility index (Phi) is 4.98. The van der Waals surface area contributed by atoms with Crippen molar-refractivity contribution in [3.05, 3.63) is 29.3 Å². The van der Waals surface area contributed by atoms with Crippen molar-refractivity contribution in [2.75, 3.05) is 26.2 Å². The SMILES string of the molecule is CCN1C(=O)c2ccc(C(=O)NCC3CNC3)cc2S1(=O)=O.Cl. The van der Waals surface area contributed by atoms with Gasteiger partial charge in [-0.25, -0.2) is 12.7 Å². The number of halogens is 1. The lowest BCUT2D eigenvalue weighted by Crippen LogP contribution is -2.48. The van der Waals surface area contributed by atoms with E-state index in [-0.39, 0.29) is 40.9 Å². The van der Waals surface area contributed by atoms with Gasteiger partial charge in [-0.05, 0) is 25.1 Å². The topological polar surface area (TPSA) is 95.6 Å². The van der Waals surface area contributed by atoms with E-state index < -0.39 is 15.9 Å². The molecule has 3 rings (SSSR count). The van der Waals surface area contributed by atoms with Gasteiger partial charge in [0, 0.05) is 37.7 Å². The molecular weight excluding hydrogens is 342 g/mol. The molecule has 2 heterocycles. The predicted octanol–water partition coefficient (Wildman–Crippen LogP) is 0.222. The molecule has 0 aromatic heterocycles. The number of nitrogens with zero attached hydrogens (tertiary/aromatic N) is 1. The van der Waals surface area contributed by atoms with E-state index in [4.69, 9.17) is 0 Å². The average molecular weight is 360 g/mol. The first-order chi connectivity index (χ1) is 10.4. The van der Waals surface area contributed by atoms with Crippen LogP contribution >= 0.6 is 12.4 Å². The molecule has 126 valence electrons. The molecule has 7 nitrogen and oxygen atoms in total. The smallest absolute Gasteiger partial charge is 0.268 e. The molecule has 2 aliphatic heterocycles. The number of sulfonamides is 1. The molecule has 2 amide bonds. The highest BCUT2D eigenvalue weighted by Gasteiger charge is 2.40. The third-order valence-corrected chi connectivity index (χ3v) is 5.87. The van der Waals surface area contributed by atoms with Crippen molar-refractivity contribution in [3.63, 3.8) is 0 Å². The number of carbonyl (C=O) groups excluding carboxylic acids is 2. The minimum absolute atomic E-state index is 0. The third kappa shape index (κ3) is 2.93. The van der Waals surface area contributed by atoms with Crippen LogP contribution in [0.2, 0.25) is 0 Å². The molecule has 2 N–H and O–H groups in total. The van der Waals surface area contributed by atoms with Gasteiger partial charge < -0.3 is 10.6 Å². The van der Waals surface area contributed by atoms with E-state index in [1.54, 1.807) is 6.92 Å². The highest BCUT2D eigenvalue weighted by atomic mass is 35.5. The molecule has 0 aliphatic carbocycles. The Balaban J connectivity index is 0.00000192. The van der Waals surface area contributed by atoms with Gasteiger partial charge in [-0.15, -0.1) is 12.4 Å². The van der Waals surface area contributed by atoms with Crippen LogP contribution in [0.3, 0.4) is 0 Å². The Labute approximate surface area is 140 Å². The van der Waals surface area contributed by atoms with Crippen molar-refractivity contribution >= 4 is 34.2 Å². The van der Waals surface area contributed by atoms with E-state index in [2.05, 4.69) is 10.6 Å². The van der Waals surface area contributed by atoms with Crippen molar-refractivity contribution < 1.29 is 18.0 Å². The summed E-state index contributed by atoms with van der Waals surface area (Å²) in [6.45, 7) is 3.97. The first-order valence-electron chi connectivity index (χ1n) is 7.15. The fourth-order valence-electron chi connectivity index (χ4n) is 2.56. The molecule has 23 heavy (non-hydrogen) atoms. The van der Waals surface area contributed by atoms with Crippen molar-refractivity contribution in [2.45, 2.75) is 11.8 Å². The van der Waals surface area contributed by atoms with E-state index in [0.29, 0.717) is 12.5 Å². The Hall–Kier alpha value is -1.64. The third-order valence-electron chi connectivity index (χ3n) is 3.97. The Morgan fingerprint density at radius 1 is 1.39 bits per heavy atom. The second kappa shape index (κ2) is 6.46. The summed E-state index contributed by atoms with van der Waals surface area (Å²) in [5.74, 6) is -0.448. The molecule has 0 saturated carbocycles. The van der Waals surface area contributed by atoms with E-state index in [1.165, 1.54) is 18.2 Å². The second-order valence-electron chi connectivity index (χ2n) is 5.42. The lowest BCUT2D eigenvalue weighted by Gasteiger charge is -2.27. The summed E-state index contributed by atoms with van der Waals surface area (Å²) in [7, 11) is -3.83. The molecular formula is C14H18ClN3O4S. The standard InChI is InChI=1S/C14H17N3O4S.ClH/c1-2-17-14(19)11-4-3-10(5-12(11)22(17,20)21)13(18)16-8-9-6-15-7-9;/h3-5,9,15H,2,6-8H2,1H3,(H,16,18);1H. The monoisotopic (exact) mass is 359 g/mol. The zero-order valence-electron chi connectivity index (χ0n) is 12.5. The lowest BCUT2D eigenvalue weighted by molar-refractivity contribution is 0.0874. The zero-order chi connectivity index (χ0) is 15.9. The number of fused-ring (bicyclic) bond motifs is 1. The summed E-state index contributed by atoms with van der Waals surface area (Å²) < 4.78 is 25.4. The Morgan fingerprint density at radius 3 is 2.65 bits per heavy atom. The summed E-state index contributed by atoms with van der Waals surface area (Å²) >= 11 is 0. The summed E-state index contributed by atoms with van der Waals surface area (Å²) in [5.41, 5.74) is 0.377. The molecule has 0 radical (unpaired) electrons. The lowest BCUT2D eigenvalue weighted by atomic mass is 10.0. The number of benzene rings is 1. The van der Waals surface area contributed by atoms with Crippen LogP contribution in [0.15, 0.2) is 23.1 Å². The predicted molar refractivity (Wildman–Crippen MR) is 86.3 cm³/mol. The summed E-state index contributed by atoms with van der Waals surface area (Å²) in [6.07, 6.45) is 0. The fourth-order valence-corrected chi connectivity index (χ4v) is 4.16. The molecule has 0 bridgehead atoms. The van der Waals surface area contributed by atoms with Gasteiger partial charge in [0.2, 0.25) is 0 Å². The molecule has 0 atom stereocenters. The number of carbonyl (C=O) groups is 2. The van der Waals surface area contributed by atoms with E-state index in [0.717, 1.165) is 17.4 Å². The molecule has 2 aliphatic rings. The van der Waals surface area contributed by atoms with E-state index in [1.807, 2.05) is 0 Å². The summed E-state index contributed by atoms with van der Waals surface area (Å²) in [4.78, 5) is 24.0. The van der Waals surface area contributed by atoms with Gasteiger partial charge >= 0.3 is 0 Å². The van der Waals surface area contributed by atoms with Gasteiger partial charge in [0.05, 0.1) is 5.56 Å². The van der Waals surface area contributed by atoms with Gasteiger partial charge in [0.15, 0.2) is 0 Å². The number of hydrogen-bond donors (Lipinski definition) is 2. The zero-order valence-corrected chi connectivity index (χ0v) is 14.2. The molecule has 1 aromatic rings. The van der Waals surface area contributed by atoms with E-state index >= 15 is 0 Å². The molecule has 1 aromatic carbocycles. The highest BCUT2D eigenvalue weighted by molar-refractivity contribution is 7.90. The number of hydrogen-bond acceptors (Lipinski definition) is 5. The summed E-state index contributed by atoms with van der Waals surface area (Å²) in [5, 5.41) is 5.90. The maximum absolute atomic E-state index is 12.3. The van der Waals surface area contributed by atoms with Crippen LogP contribution in [0.25, 0.3) is 0 Å². The molecule has 0 spiro atoms. The summed E-state index contributed by atoms with van der Waals surface area (Å²) in [6, 6.07) is 4.18. The molecule has 1 saturated heterocycles. The maximum Gasteiger partial charge on any atom is 0.268 e. The van der Waals surface area contributed by atoms with Gasteiger partial charge in [0.1, 0.15) is 4.90 Å². The average Bonchev–Trinajstić information content (AvgIpc) is 2.63. The molecule has 1 fully saturated rings. The van der Waals surface area contributed by atoms with Crippen LogP contribution in [0.4, 0.5) is 0 Å². The largest absolute Gasteiger partial charge is 0.352 e.